The summed E-state index contributed by atoms with van der Waals surface area (Å²) in [7, 11) is -4.07. The van der Waals surface area contributed by atoms with Crippen LogP contribution in [-0.2, 0) is 10.0 Å². The minimum absolute atomic E-state index is 0.0456. The van der Waals surface area contributed by atoms with Gasteiger partial charge in [-0.1, -0.05) is 17.7 Å². The molecule has 0 saturated carbocycles. The molecule has 156 valence electrons. The molecule has 3 aromatic carbocycles. The minimum Gasteiger partial charge on any atom is -0.494 e. The number of hydrogen-bond donors (Lipinski definition) is 2. The smallest absolute Gasteiger partial charge is 0.263 e. The van der Waals surface area contributed by atoms with Gasteiger partial charge in [-0.2, -0.15) is 0 Å². The third-order valence-corrected chi connectivity index (χ3v) is 5.85. The summed E-state index contributed by atoms with van der Waals surface area (Å²) in [5.41, 5.74) is 0.603. The number of hydrogen-bond acceptors (Lipinski definition) is 4. The van der Waals surface area contributed by atoms with Gasteiger partial charge >= 0.3 is 0 Å². The van der Waals surface area contributed by atoms with Crippen LogP contribution in [0.2, 0.25) is 5.02 Å². The Kier molecular flexibility index (Phi) is 6.59. The molecule has 0 atom stereocenters. The number of anilines is 2. The Morgan fingerprint density at radius 2 is 1.77 bits per heavy atom. The van der Waals surface area contributed by atoms with Crippen LogP contribution < -0.4 is 14.8 Å². The molecule has 6 nitrogen and oxygen atoms in total. The number of benzene rings is 3. The van der Waals surface area contributed by atoms with E-state index in [1.165, 1.54) is 30.3 Å². The zero-order valence-corrected chi connectivity index (χ0v) is 17.4. The zero-order valence-electron chi connectivity index (χ0n) is 15.9. The molecule has 0 aliphatic carbocycles. The molecule has 3 aromatic rings. The van der Waals surface area contributed by atoms with E-state index >= 15 is 0 Å². The van der Waals surface area contributed by atoms with Crippen LogP contribution in [0.4, 0.5) is 15.8 Å². The average molecular weight is 449 g/mol. The van der Waals surface area contributed by atoms with Crippen LogP contribution in [0.1, 0.15) is 17.3 Å². The number of ether oxygens (including phenoxy) is 1. The molecule has 0 saturated heterocycles. The molecular formula is C21H18ClFN2O4S. The summed E-state index contributed by atoms with van der Waals surface area (Å²) in [5, 5.41) is 2.47. The van der Waals surface area contributed by atoms with Crippen molar-refractivity contribution in [3.05, 3.63) is 83.1 Å². The molecule has 0 bridgehead atoms. The molecule has 3 rings (SSSR count). The first-order valence-electron chi connectivity index (χ1n) is 8.90. The molecule has 30 heavy (non-hydrogen) atoms. The number of sulfonamides is 1. The molecular weight excluding hydrogens is 431 g/mol. The summed E-state index contributed by atoms with van der Waals surface area (Å²) in [6.07, 6.45) is 0. The Morgan fingerprint density at radius 1 is 1.03 bits per heavy atom. The van der Waals surface area contributed by atoms with Crippen LogP contribution in [0.5, 0.6) is 5.75 Å². The van der Waals surface area contributed by atoms with Gasteiger partial charge in [0.1, 0.15) is 16.5 Å². The van der Waals surface area contributed by atoms with Gasteiger partial charge in [0.05, 0.1) is 11.6 Å². The number of nitrogens with one attached hydrogen (secondary N) is 2. The van der Waals surface area contributed by atoms with Crippen LogP contribution in [0, 0.1) is 5.82 Å². The van der Waals surface area contributed by atoms with Gasteiger partial charge in [0.15, 0.2) is 0 Å². The predicted octanol–water partition coefficient (Wildman–Crippen LogP) is 4.93. The van der Waals surface area contributed by atoms with Crippen molar-refractivity contribution in [1.29, 1.82) is 0 Å². The third kappa shape index (κ3) is 5.28. The number of carbonyl (C=O) groups excluding carboxylic acids is 1. The first-order valence-corrected chi connectivity index (χ1v) is 10.8. The maximum atomic E-state index is 13.3. The quantitative estimate of drug-likeness (QED) is 0.536. The molecule has 2 N–H and O–H groups in total. The maximum absolute atomic E-state index is 13.3. The second kappa shape index (κ2) is 9.15. The Bertz CT molecular complexity index is 1170. The molecule has 0 aromatic heterocycles. The van der Waals surface area contributed by atoms with E-state index in [9.17, 15) is 17.6 Å². The van der Waals surface area contributed by atoms with Crippen molar-refractivity contribution in [3.63, 3.8) is 0 Å². The second-order valence-corrected chi connectivity index (χ2v) is 8.23. The van der Waals surface area contributed by atoms with Gasteiger partial charge in [0.25, 0.3) is 15.9 Å². The van der Waals surface area contributed by atoms with Gasteiger partial charge in [-0.05, 0) is 67.6 Å². The largest absolute Gasteiger partial charge is 0.494 e. The normalized spacial score (nSPS) is 11.0. The lowest BCUT2D eigenvalue weighted by Crippen LogP contribution is -2.16. The Hall–Kier alpha value is -3.10. The fourth-order valence-electron chi connectivity index (χ4n) is 2.62. The molecule has 0 unspecified atom stereocenters. The van der Waals surface area contributed by atoms with E-state index in [0.29, 0.717) is 18.0 Å². The monoisotopic (exact) mass is 448 g/mol. The maximum Gasteiger partial charge on any atom is 0.263 e. The van der Waals surface area contributed by atoms with Gasteiger partial charge in [0.2, 0.25) is 0 Å². The third-order valence-electron chi connectivity index (χ3n) is 3.98. The molecule has 0 aliphatic heterocycles. The van der Waals surface area contributed by atoms with Crippen LogP contribution in [-0.4, -0.2) is 20.9 Å². The highest BCUT2D eigenvalue weighted by Gasteiger charge is 2.21. The van der Waals surface area contributed by atoms with Crippen molar-refractivity contribution in [2.24, 2.45) is 0 Å². The van der Waals surface area contributed by atoms with Crippen molar-refractivity contribution in [1.82, 2.24) is 0 Å². The van der Waals surface area contributed by atoms with Crippen molar-refractivity contribution in [2.75, 3.05) is 16.6 Å². The van der Waals surface area contributed by atoms with Crippen LogP contribution in [0.15, 0.2) is 71.6 Å². The van der Waals surface area contributed by atoms with E-state index in [0.717, 1.165) is 12.1 Å². The molecule has 0 fully saturated rings. The lowest BCUT2D eigenvalue weighted by molar-refractivity contribution is 0.102. The van der Waals surface area contributed by atoms with Crippen molar-refractivity contribution >= 4 is 38.9 Å². The first kappa shape index (κ1) is 21.6. The molecule has 0 heterocycles. The first-order chi connectivity index (χ1) is 14.3. The minimum atomic E-state index is -4.07. The zero-order chi connectivity index (χ0) is 21.7. The summed E-state index contributed by atoms with van der Waals surface area (Å²) in [6, 6.07) is 15.6. The summed E-state index contributed by atoms with van der Waals surface area (Å²) >= 11 is 6.08. The average Bonchev–Trinajstić information content (AvgIpc) is 2.69. The molecule has 0 radical (unpaired) electrons. The highest BCUT2D eigenvalue weighted by molar-refractivity contribution is 7.92. The van der Waals surface area contributed by atoms with Gasteiger partial charge in [-0.3, -0.25) is 9.52 Å². The summed E-state index contributed by atoms with van der Waals surface area (Å²) in [4.78, 5) is 12.2. The van der Waals surface area contributed by atoms with E-state index in [-0.39, 0.29) is 21.2 Å². The Labute approximate surface area is 178 Å². The lowest BCUT2D eigenvalue weighted by Gasteiger charge is -2.12. The molecule has 0 spiro atoms. The highest BCUT2D eigenvalue weighted by Crippen LogP contribution is 2.26. The Balaban J connectivity index is 1.83. The summed E-state index contributed by atoms with van der Waals surface area (Å²) in [5.74, 6) is -0.504. The fourth-order valence-corrected chi connectivity index (χ4v) is 4.20. The van der Waals surface area contributed by atoms with Gasteiger partial charge in [-0.15, -0.1) is 0 Å². The van der Waals surface area contributed by atoms with Gasteiger partial charge < -0.3 is 10.1 Å². The predicted molar refractivity (Wildman–Crippen MR) is 114 cm³/mol. The van der Waals surface area contributed by atoms with E-state index < -0.39 is 21.7 Å². The second-order valence-electron chi connectivity index (χ2n) is 6.17. The lowest BCUT2D eigenvalue weighted by atomic mass is 10.2. The van der Waals surface area contributed by atoms with E-state index in [1.54, 1.807) is 24.3 Å². The van der Waals surface area contributed by atoms with E-state index in [2.05, 4.69) is 10.0 Å². The molecule has 9 heteroatoms. The van der Waals surface area contributed by atoms with Gasteiger partial charge in [-0.25, -0.2) is 12.8 Å². The topological polar surface area (TPSA) is 84.5 Å². The molecule has 0 aliphatic rings. The number of carbonyl (C=O) groups is 1. The van der Waals surface area contributed by atoms with Crippen molar-refractivity contribution in [3.8, 4) is 5.75 Å². The Morgan fingerprint density at radius 3 is 2.43 bits per heavy atom. The van der Waals surface area contributed by atoms with Crippen LogP contribution in [0.25, 0.3) is 0 Å². The van der Waals surface area contributed by atoms with E-state index in [4.69, 9.17) is 16.3 Å². The van der Waals surface area contributed by atoms with Crippen LogP contribution >= 0.6 is 11.6 Å². The number of rotatable bonds is 7. The van der Waals surface area contributed by atoms with Crippen molar-refractivity contribution in [2.45, 2.75) is 11.8 Å². The number of amides is 1. The number of halogens is 2. The summed E-state index contributed by atoms with van der Waals surface area (Å²) in [6.45, 7) is 2.33. The van der Waals surface area contributed by atoms with Crippen LogP contribution in [0.3, 0.4) is 0 Å². The van der Waals surface area contributed by atoms with Crippen molar-refractivity contribution < 1.29 is 22.3 Å². The van der Waals surface area contributed by atoms with E-state index in [1.807, 2.05) is 6.92 Å². The standard InChI is InChI=1S/C21H18ClFN2O4S/c1-2-29-18-9-7-16(8-10-18)25-30(27,28)20-12-14(6-11-19(20)22)21(26)24-17-5-3-4-15(23)13-17/h3-13,25H,2H2,1H3,(H,24,26). The SMILES string of the molecule is CCOc1ccc(NS(=O)(=O)c2cc(C(=O)Nc3cccc(F)c3)ccc2Cl)cc1. The molecule has 1 amide bonds. The van der Waals surface area contributed by atoms with Gasteiger partial charge in [0, 0.05) is 16.9 Å². The summed E-state index contributed by atoms with van der Waals surface area (Å²) < 4.78 is 46.7. The fraction of sp³-hybridized carbons (Fsp3) is 0.0952. The highest BCUT2D eigenvalue weighted by atomic mass is 35.5.